The van der Waals surface area contributed by atoms with Crippen LogP contribution in [0, 0.1) is 6.92 Å². The van der Waals surface area contributed by atoms with E-state index in [1.807, 2.05) is 67.6 Å². The van der Waals surface area contributed by atoms with E-state index in [9.17, 15) is 14.7 Å². The summed E-state index contributed by atoms with van der Waals surface area (Å²) in [6.45, 7) is 1.97. The average Bonchev–Trinajstić information content (AvgIpc) is 3.38. The average molecular weight is 585 g/mol. The van der Waals surface area contributed by atoms with E-state index in [1.54, 1.807) is 12.1 Å². The van der Waals surface area contributed by atoms with Crippen LogP contribution in [0.3, 0.4) is 0 Å². The number of carboxylic acids is 1. The van der Waals surface area contributed by atoms with Crippen LogP contribution < -0.4 is 15.3 Å². The van der Waals surface area contributed by atoms with Gasteiger partial charge in [-0.05, 0) is 67.3 Å². The van der Waals surface area contributed by atoms with Gasteiger partial charge in [0.2, 0.25) is 5.91 Å². The molecule has 0 aliphatic carbocycles. The fraction of sp³-hybridized carbons (Fsp3) is 0.194. The number of hydrogen-bond donors (Lipinski definition) is 1. The van der Waals surface area contributed by atoms with Crippen LogP contribution in [-0.2, 0) is 9.59 Å². The lowest BCUT2D eigenvalue weighted by Gasteiger charge is -2.26. The molecule has 0 fully saturated rings. The number of aromatic nitrogens is 1. The molecule has 0 radical (unpaired) electrons. The van der Waals surface area contributed by atoms with Gasteiger partial charge in [-0.15, -0.1) is 0 Å². The Morgan fingerprint density at radius 1 is 1.03 bits per heavy atom. The lowest BCUT2D eigenvalue weighted by Crippen LogP contribution is -2.39. The first-order valence-corrected chi connectivity index (χ1v) is 13.4. The fourth-order valence-corrected chi connectivity index (χ4v) is 5.33. The minimum absolute atomic E-state index is 0.0716. The predicted molar refractivity (Wildman–Crippen MR) is 152 cm³/mol. The monoisotopic (exact) mass is 584 g/mol. The van der Waals surface area contributed by atoms with Gasteiger partial charge in [-0.1, -0.05) is 58.4 Å². The van der Waals surface area contributed by atoms with Crippen molar-refractivity contribution >= 4 is 44.4 Å². The number of carboxylic acid groups (broad SMARTS) is 1. The number of amides is 1. The van der Waals surface area contributed by atoms with Gasteiger partial charge in [-0.25, -0.2) is 5.01 Å². The number of carbonyl (C=O) groups is 2. The lowest BCUT2D eigenvalue weighted by molar-refractivity contribution is -0.305. The molecule has 1 aliphatic heterocycles. The zero-order valence-electron chi connectivity index (χ0n) is 21.6. The Morgan fingerprint density at radius 2 is 1.77 bits per heavy atom. The number of rotatable bonds is 8. The zero-order chi connectivity index (χ0) is 27.5. The zero-order valence-corrected chi connectivity index (χ0v) is 23.2. The second kappa shape index (κ2) is 11.3. The van der Waals surface area contributed by atoms with Crippen molar-refractivity contribution in [2.75, 3.05) is 7.11 Å². The smallest absolute Gasteiger partial charge is 0.241 e. The minimum atomic E-state index is -1.17. The predicted octanol–water partition coefficient (Wildman–Crippen LogP) is 5.33. The summed E-state index contributed by atoms with van der Waals surface area (Å²) in [6, 6.07) is 23.3. The molecule has 0 unspecified atom stereocenters. The number of pyridine rings is 1. The van der Waals surface area contributed by atoms with Crippen molar-refractivity contribution in [3.8, 4) is 16.9 Å². The molecule has 3 aromatic carbocycles. The van der Waals surface area contributed by atoms with Crippen LogP contribution in [0.1, 0.15) is 42.1 Å². The molecule has 0 spiro atoms. The summed E-state index contributed by atoms with van der Waals surface area (Å²) < 4.78 is 6.26. The summed E-state index contributed by atoms with van der Waals surface area (Å²) in [5, 5.41) is 13.5. The van der Waals surface area contributed by atoms with Crippen LogP contribution in [0.15, 0.2) is 83.3 Å². The maximum Gasteiger partial charge on any atom is 0.241 e. The van der Waals surface area contributed by atoms with Gasteiger partial charge in [-0.3, -0.25) is 15.2 Å². The third kappa shape index (κ3) is 5.52. The van der Waals surface area contributed by atoms with Crippen molar-refractivity contribution in [2.45, 2.75) is 32.2 Å². The van der Waals surface area contributed by atoms with Crippen molar-refractivity contribution in [1.82, 2.24) is 15.4 Å². The molecule has 39 heavy (non-hydrogen) atoms. The van der Waals surface area contributed by atoms with Crippen molar-refractivity contribution in [3.63, 3.8) is 0 Å². The number of nitrogens with one attached hydrogen (secondary N) is 1. The van der Waals surface area contributed by atoms with E-state index in [0.29, 0.717) is 5.75 Å². The summed E-state index contributed by atoms with van der Waals surface area (Å²) in [5.74, 6) is -0.662. The van der Waals surface area contributed by atoms with E-state index in [2.05, 4.69) is 39.6 Å². The Bertz CT molecular complexity index is 1570. The molecule has 1 aromatic heterocycles. The number of nitrogens with zero attached hydrogens (tertiary/aromatic N) is 2. The molecule has 8 heteroatoms. The maximum absolute atomic E-state index is 13.4. The second-order valence-corrected chi connectivity index (χ2v) is 10.3. The Balaban J connectivity index is 1.64. The molecule has 0 saturated carbocycles. The van der Waals surface area contributed by atoms with Crippen molar-refractivity contribution in [3.05, 3.63) is 100 Å². The molecule has 1 amide bonds. The second-order valence-electron chi connectivity index (χ2n) is 9.37. The molecular weight excluding hydrogens is 558 g/mol. The summed E-state index contributed by atoms with van der Waals surface area (Å²) >= 11 is 3.61. The van der Waals surface area contributed by atoms with Crippen LogP contribution in [0.25, 0.3) is 27.7 Å². The Hall–Kier alpha value is -4.17. The van der Waals surface area contributed by atoms with Gasteiger partial charge in [0.1, 0.15) is 5.75 Å². The Kier molecular flexibility index (Phi) is 7.65. The highest BCUT2D eigenvalue weighted by Crippen LogP contribution is 2.41. The SMILES string of the molecule is COc1ccc([C@H]2C=C(c3c(C)nc4ccc(Br)cc4c3-c3ccccc3)NN2C(=O)CCCC(=O)[O-])cc1. The van der Waals surface area contributed by atoms with Gasteiger partial charge in [0.15, 0.2) is 0 Å². The molecule has 5 rings (SSSR count). The van der Waals surface area contributed by atoms with E-state index in [1.165, 1.54) is 0 Å². The molecule has 2 heterocycles. The van der Waals surface area contributed by atoms with Crippen molar-refractivity contribution < 1.29 is 19.4 Å². The van der Waals surface area contributed by atoms with Crippen LogP contribution in [0.2, 0.25) is 0 Å². The molecular formula is C31H27BrN3O4-. The quantitative estimate of drug-likeness (QED) is 0.301. The Labute approximate surface area is 235 Å². The Morgan fingerprint density at radius 3 is 2.46 bits per heavy atom. The first kappa shape index (κ1) is 26.4. The van der Waals surface area contributed by atoms with Gasteiger partial charge in [0.05, 0.1) is 24.4 Å². The van der Waals surface area contributed by atoms with E-state index in [-0.39, 0.29) is 25.2 Å². The topological polar surface area (TPSA) is 94.6 Å². The molecule has 1 aliphatic rings. The molecule has 0 saturated heterocycles. The standard InChI is InChI=1S/C31H28BrN3O4/c1-19-30(31(21-7-4-3-5-8-21)24-17-22(32)13-16-25(24)33-19)26-18-27(20-11-14-23(39-2)15-12-20)35(34-26)28(36)9-6-10-29(37)38/h3-5,7-8,11-18,27,34H,6,9-10H2,1-2H3,(H,37,38)/p-1/t27-/m1/s1. The van der Waals surface area contributed by atoms with E-state index in [4.69, 9.17) is 9.72 Å². The third-order valence-corrected chi connectivity index (χ3v) is 7.29. The number of aliphatic carboxylic acids is 1. The van der Waals surface area contributed by atoms with Gasteiger partial charge in [-0.2, -0.15) is 0 Å². The van der Waals surface area contributed by atoms with Crippen molar-refractivity contribution in [1.29, 1.82) is 0 Å². The molecule has 0 bridgehead atoms. The lowest BCUT2D eigenvalue weighted by atomic mass is 9.92. The number of hydrogen-bond acceptors (Lipinski definition) is 6. The number of halogens is 1. The van der Waals surface area contributed by atoms with Gasteiger partial charge in [0, 0.05) is 39.1 Å². The van der Waals surface area contributed by atoms with E-state index >= 15 is 0 Å². The highest BCUT2D eigenvalue weighted by molar-refractivity contribution is 9.10. The highest BCUT2D eigenvalue weighted by Gasteiger charge is 2.32. The molecule has 1 N–H and O–H groups in total. The molecule has 198 valence electrons. The molecule has 4 aromatic rings. The van der Waals surface area contributed by atoms with Crippen LogP contribution in [0.4, 0.5) is 0 Å². The van der Waals surface area contributed by atoms with E-state index in [0.717, 1.165) is 49.0 Å². The summed E-state index contributed by atoms with van der Waals surface area (Å²) in [4.78, 5) is 29.2. The van der Waals surface area contributed by atoms with Gasteiger partial charge >= 0.3 is 0 Å². The van der Waals surface area contributed by atoms with E-state index < -0.39 is 12.0 Å². The number of aryl methyl sites for hydroxylation is 1. The van der Waals surface area contributed by atoms with Crippen molar-refractivity contribution in [2.24, 2.45) is 0 Å². The minimum Gasteiger partial charge on any atom is -0.550 e. The normalized spacial score (nSPS) is 14.7. The first-order chi connectivity index (χ1) is 18.9. The number of methoxy groups -OCH3 is 1. The third-order valence-electron chi connectivity index (χ3n) is 6.80. The summed E-state index contributed by atoms with van der Waals surface area (Å²) in [5.41, 5.74) is 9.64. The first-order valence-electron chi connectivity index (χ1n) is 12.7. The molecule has 1 atom stereocenters. The number of fused-ring (bicyclic) bond motifs is 1. The van der Waals surface area contributed by atoms with Gasteiger partial charge in [0.25, 0.3) is 0 Å². The van der Waals surface area contributed by atoms with Gasteiger partial charge < -0.3 is 14.6 Å². The van der Waals surface area contributed by atoms with Crippen LogP contribution >= 0.6 is 15.9 Å². The fourth-order valence-electron chi connectivity index (χ4n) is 4.97. The maximum atomic E-state index is 13.4. The highest BCUT2D eigenvalue weighted by atomic mass is 79.9. The largest absolute Gasteiger partial charge is 0.550 e. The van der Waals surface area contributed by atoms with Crippen LogP contribution in [-0.4, -0.2) is 29.0 Å². The summed E-state index contributed by atoms with van der Waals surface area (Å²) in [7, 11) is 1.61. The number of carbonyl (C=O) groups excluding carboxylic acids is 2. The number of ether oxygens (including phenoxy) is 1. The number of benzene rings is 3. The van der Waals surface area contributed by atoms with Crippen LogP contribution in [0.5, 0.6) is 5.75 Å². The number of hydrazine groups is 1. The summed E-state index contributed by atoms with van der Waals surface area (Å²) in [6.07, 6.45) is 2.12. The molecule has 7 nitrogen and oxygen atoms in total.